The van der Waals surface area contributed by atoms with E-state index in [0.29, 0.717) is 6.54 Å². The molecule has 1 aromatic carbocycles. The highest BCUT2D eigenvalue weighted by atomic mass is 19.1. The Hall–Kier alpha value is -1.42. The molecular formula is C12H13FNO2. The summed E-state index contributed by atoms with van der Waals surface area (Å²) in [6.45, 7) is 0.412. The number of rotatable bonds is 5. The molecule has 3 nitrogen and oxygen atoms in total. The highest BCUT2D eigenvalue weighted by Gasteiger charge is 2.43. The first-order chi connectivity index (χ1) is 7.62. The predicted octanol–water partition coefficient (Wildman–Crippen LogP) is 1.68. The number of benzene rings is 1. The van der Waals surface area contributed by atoms with Gasteiger partial charge in [-0.25, -0.2) is 4.39 Å². The topological polar surface area (TPSA) is 49.3 Å². The second-order valence-electron chi connectivity index (χ2n) is 4.08. The Bertz CT molecular complexity index is 402. The van der Waals surface area contributed by atoms with Crippen molar-refractivity contribution in [2.24, 2.45) is 0 Å². The van der Waals surface area contributed by atoms with Crippen molar-refractivity contribution in [1.82, 2.24) is 5.32 Å². The minimum atomic E-state index is -0.823. The van der Waals surface area contributed by atoms with Crippen molar-refractivity contribution in [2.75, 3.05) is 6.54 Å². The zero-order valence-corrected chi connectivity index (χ0v) is 8.79. The number of carbonyl (C=O) groups is 1. The first-order valence-corrected chi connectivity index (χ1v) is 5.27. The van der Waals surface area contributed by atoms with Gasteiger partial charge in [0.25, 0.3) is 0 Å². The molecule has 1 aromatic rings. The number of aliphatic carboxylic acids is 1. The summed E-state index contributed by atoms with van der Waals surface area (Å²) in [7, 11) is 0. The molecule has 0 amide bonds. The molecule has 1 fully saturated rings. The van der Waals surface area contributed by atoms with Gasteiger partial charge in [0.2, 0.25) is 0 Å². The summed E-state index contributed by atoms with van der Waals surface area (Å²) < 4.78 is 13.0. The molecule has 1 aliphatic rings. The van der Waals surface area contributed by atoms with Gasteiger partial charge in [-0.2, -0.15) is 0 Å². The number of hydrogen-bond donors (Lipinski definition) is 2. The summed E-state index contributed by atoms with van der Waals surface area (Å²) in [5.41, 5.74) is 0.680. The van der Waals surface area contributed by atoms with Crippen molar-refractivity contribution in [3.05, 3.63) is 35.6 Å². The van der Waals surface area contributed by atoms with E-state index in [1.165, 1.54) is 6.07 Å². The van der Waals surface area contributed by atoms with Gasteiger partial charge >= 0.3 is 5.97 Å². The normalized spacial score (nSPS) is 17.1. The maximum Gasteiger partial charge on any atom is 0.304 e. The highest BCUT2D eigenvalue weighted by Crippen LogP contribution is 2.45. The molecular weight excluding hydrogens is 209 g/mol. The van der Waals surface area contributed by atoms with Crippen LogP contribution in [0.25, 0.3) is 0 Å². The third-order valence-electron chi connectivity index (χ3n) is 2.87. The Kier molecular flexibility index (Phi) is 2.92. The molecule has 4 heteroatoms. The quantitative estimate of drug-likeness (QED) is 0.796. The standard InChI is InChI=1S/C12H13FNO2/c13-10-3-1-2-9(8-10)12(5-6-12)14-7-4-11(15)16/h1-2,8,14H,4-7H2,(H,15,16). The molecule has 1 radical (unpaired) electrons. The summed E-state index contributed by atoms with van der Waals surface area (Å²) in [6, 6.07) is 7.30. The Labute approximate surface area is 93.3 Å². The maximum atomic E-state index is 13.0. The molecule has 1 aliphatic carbocycles. The van der Waals surface area contributed by atoms with Crippen molar-refractivity contribution in [3.8, 4) is 0 Å². The van der Waals surface area contributed by atoms with E-state index in [4.69, 9.17) is 5.11 Å². The van der Waals surface area contributed by atoms with Gasteiger partial charge in [-0.3, -0.25) is 4.79 Å². The van der Waals surface area contributed by atoms with Gasteiger partial charge in [-0.15, -0.1) is 0 Å². The Balaban J connectivity index is 2.00. The van der Waals surface area contributed by atoms with Crippen LogP contribution in [0, 0.1) is 11.9 Å². The molecule has 0 unspecified atom stereocenters. The lowest BCUT2D eigenvalue weighted by atomic mass is 10.0. The van der Waals surface area contributed by atoms with Crippen LogP contribution in [0.2, 0.25) is 0 Å². The second kappa shape index (κ2) is 4.22. The zero-order valence-electron chi connectivity index (χ0n) is 8.79. The first-order valence-electron chi connectivity index (χ1n) is 5.27. The highest BCUT2D eigenvalue weighted by molar-refractivity contribution is 5.66. The monoisotopic (exact) mass is 222 g/mol. The van der Waals surface area contributed by atoms with Crippen LogP contribution in [0.5, 0.6) is 0 Å². The van der Waals surface area contributed by atoms with E-state index in [1.54, 1.807) is 6.07 Å². The Morgan fingerprint density at radius 1 is 1.62 bits per heavy atom. The summed E-state index contributed by atoms with van der Waals surface area (Å²) in [6.07, 6.45) is 1.94. The van der Waals surface area contributed by atoms with E-state index >= 15 is 0 Å². The smallest absolute Gasteiger partial charge is 0.304 e. The number of carboxylic acid groups (broad SMARTS) is 1. The fourth-order valence-corrected chi connectivity index (χ4v) is 1.84. The molecule has 0 saturated heterocycles. The van der Waals surface area contributed by atoms with Crippen LogP contribution in [0.3, 0.4) is 0 Å². The number of nitrogens with one attached hydrogen (secondary N) is 1. The van der Waals surface area contributed by atoms with E-state index in [9.17, 15) is 9.18 Å². The molecule has 16 heavy (non-hydrogen) atoms. The van der Waals surface area contributed by atoms with Crippen molar-refractivity contribution < 1.29 is 14.3 Å². The average molecular weight is 222 g/mol. The minimum absolute atomic E-state index is 0.0865. The van der Waals surface area contributed by atoms with Gasteiger partial charge < -0.3 is 10.4 Å². The van der Waals surface area contributed by atoms with E-state index in [2.05, 4.69) is 11.4 Å². The molecule has 0 aliphatic heterocycles. The van der Waals surface area contributed by atoms with E-state index < -0.39 is 5.97 Å². The summed E-state index contributed by atoms with van der Waals surface area (Å²) in [4.78, 5) is 10.4. The molecule has 0 atom stereocenters. The number of halogens is 1. The lowest BCUT2D eigenvalue weighted by Crippen LogP contribution is -2.30. The van der Waals surface area contributed by atoms with Crippen LogP contribution in [-0.4, -0.2) is 17.6 Å². The second-order valence-corrected chi connectivity index (χ2v) is 4.08. The summed E-state index contributed by atoms with van der Waals surface area (Å²) in [5.74, 6) is -1.19. The molecule has 2 rings (SSSR count). The van der Waals surface area contributed by atoms with Crippen molar-refractivity contribution in [1.29, 1.82) is 0 Å². The lowest BCUT2D eigenvalue weighted by molar-refractivity contribution is -0.136. The van der Waals surface area contributed by atoms with Crippen molar-refractivity contribution in [3.63, 3.8) is 0 Å². The average Bonchev–Trinajstić information content (AvgIpc) is 2.98. The number of carboxylic acids is 1. The molecule has 1 saturated carbocycles. The molecule has 0 heterocycles. The molecule has 0 spiro atoms. The Morgan fingerprint density at radius 3 is 2.94 bits per heavy atom. The largest absolute Gasteiger partial charge is 0.481 e. The zero-order chi connectivity index (χ0) is 11.6. The van der Waals surface area contributed by atoms with Gasteiger partial charge in [0.15, 0.2) is 0 Å². The first kappa shape index (κ1) is 11.1. The fourth-order valence-electron chi connectivity index (χ4n) is 1.84. The minimum Gasteiger partial charge on any atom is -0.481 e. The maximum absolute atomic E-state index is 13.0. The van der Waals surface area contributed by atoms with Gasteiger partial charge in [0.05, 0.1) is 6.42 Å². The third-order valence-corrected chi connectivity index (χ3v) is 2.87. The van der Waals surface area contributed by atoms with Crippen LogP contribution in [0.1, 0.15) is 24.8 Å². The summed E-state index contributed by atoms with van der Waals surface area (Å²) >= 11 is 0. The van der Waals surface area contributed by atoms with Gasteiger partial charge in [0, 0.05) is 18.2 Å². The van der Waals surface area contributed by atoms with Gasteiger partial charge in [-0.1, -0.05) is 12.1 Å². The van der Waals surface area contributed by atoms with Crippen LogP contribution in [0.15, 0.2) is 18.2 Å². The number of hydrogen-bond acceptors (Lipinski definition) is 2. The summed E-state index contributed by atoms with van der Waals surface area (Å²) in [5, 5.41) is 11.7. The van der Waals surface area contributed by atoms with Crippen molar-refractivity contribution in [2.45, 2.75) is 24.8 Å². The molecule has 85 valence electrons. The van der Waals surface area contributed by atoms with Crippen LogP contribution >= 0.6 is 0 Å². The molecule has 2 N–H and O–H groups in total. The molecule has 0 aromatic heterocycles. The van der Waals surface area contributed by atoms with Gasteiger partial charge in [-0.05, 0) is 24.5 Å². The van der Waals surface area contributed by atoms with E-state index in [0.717, 1.165) is 18.4 Å². The lowest BCUT2D eigenvalue weighted by Gasteiger charge is -2.17. The Morgan fingerprint density at radius 2 is 2.38 bits per heavy atom. The van der Waals surface area contributed by atoms with Crippen LogP contribution < -0.4 is 5.32 Å². The third kappa shape index (κ3) is 2.39. The predicted molar refractivity (Wildman–Crippen MR) is 56.4 cm³/mol. The van der Waals surface area contributed by atoms with Crippen LogP contribution in [0.4, 0.5) is 4.39 Å². The van der Waals surface area contributed by atoms with Gasteiger partial charge in [0.1, 0.15) is 5.82 Å². The molecule has 0 bridgehead atoms. The van der Waals surface area contributed by atoms with Crippen molar-refractivity contribution >= 4 is 5.97 Å². The van der Waals surface area contributed by atoms with E-state index in [-0.39, 0.29) is 17.8 Å². The van der Waals surface area contributed by atoms with Crippen LogP contribution in [-0.2, 0) is 10.3 Å². The van der Waals surface area contributed by atoms with E-state index in [1.807, 2.05) is 6.07 Å². The SMILES string of the molecule is O=C(O)CCNC1(c2cc[c]c(F)c2)CC1. The fraction of sp³-hybridized carbons (Fsp3) is 0.417.